The first-order chi connectivity index (χ1) is 9.92. The van der Waals surface area contributed by atoms with Crippen LogP contribution < -0.4 is 5.32 Å². The van der Waals surface area contributed by atoms with Gasteiger partial charge in [-0.25, -0.2) is 0 Å². The van der Waals surface area contributed by atoms with E-state index in [1.54, 1.807) is 11.8 Å². The van der Waals surface area contributed by atoms with Crippen molar-refractivity contribution in [2.45, 2.75) is 45.6 Å². The van der Waals surface area contributed by atoms with Gasteiger partial charge in [0.05, 0.1) is 0 Å². The monoisotopic (exact) mass is 307 g/mol. The number of thioether (sulfide) groups is 1. The molecule has 0 unspecified atom stereocenters. The molecule has 21 heavy (non-hydrogen) atoms. The highest BCUT2D eigenvalue weighted by atomic mass is 32.2. The lowest BCUT2D eigenvalue weighted by Gasteiger charge is -2.30. The van der Waals surface area contributed by atoms with Gasteiger partial charge in [-0.3, -0.25) is 4.79 Å². The van der Waals surface area contributed by atoms with Gasteiger partial charge in [0.1, 0.15) is 5.60 Å². The number of carbonyl (C=O) groups excluding carboxylic acids is 1. The molecule has 1 heterocycles. The second kappa shape index (κ2) is 6.84. The van der Waals surface area contributed by atoms with Crippen molar-refractivity contribution >= 4 is 17.7 Å². The smallest absolute Gasteiger partial charge is 0.252 e. The number of benzene rings is 1. The molecule has 0 aromatic heterocycles. The average molecular weight is 307 g/mol. The first kappa shape index (κ1) is 16.4. The van der Waals surface area contributed by atoms with E-state index in [1.165, 1.54) is 22.3 Å². The Morgan fingerprint density at radius 2 is 1.81 bits per heavy atom. The quantitative estimate of drug-likeness (QED) is 0.899. The highest BCUT2D eigenvalue weighted by Gasteiger charge is 2.36. The summed E-state index contributed by atoms with van der Waals surface area (Å²) in [7, 11) is 0. The highest BCUT2D eigenvalue weighted by molar-refractivity contribution is 7.99. The topological polar surface area (TPSA) is 49.3 Å². The van der Waals surface area contributed by atoms with Gasteiger partial charge in [0.25, 0.3) is 5.91 Å². The molecule has 1 aliphatic rings. The summed E-state index contributed by atoms with van der Waals surface area (Å²) in [6, 6.07) is 4.35. The molecular formula is C17H25NO2S. The molecule has 0 spiro atoms. The molecule has 0 saturated carbocycles. The largest absolute Gasteiger partial charge is 0.380 e. The van der Waals surface area contributed by atoms with Crippen LogP contribution in [0.25, 0.3) is 0 Å². The normalized spacial score (nSPS) is 17.5. The molecule has 2 N–H and O–H groups in total. The van der Waals surface area contributed by atoms with Crippen LogP contribution in [0, 0.1) is 20.8 Å². The number of rotatable bonds is 4. The van der Waals surface area contributed by atoms with Crippen LogP contribution >= 0.6 is 11.8 Å². The molecule has 3 nitrogen and oxygen atoms in total. The Morgan fingerprint density at radius 1 is 1.24 bits per heavy atom. The molecule has 1 saturated heterocycles. The van der Waals surface area contributed by atoms with Gasteiger partial charge in [0.15, 0.2) is 0 Å². The zero-order chi connectivity index (χ0) is 15.5. The number of aliphatic hydroxyl groups is 1. The van der Waals surface area contributed by atoms with Crippen LogP contribution in [0.3, 0.4) is 0 Å². The molecule has 0 atom stereocenters. The van der Waals surface area contributed by atoms with E-state index in [9.17, 15) is 9.90 Å². The van der Waals surface area contributed by atoms with Gasteiger partial charge >= 0.3 is 0 Å². The van der Waals surface area contributed by atoms with E-state index in [1.807, 2.05) is 0 Å². The highest BCUT2D eigenvalue weighted by Crippen LogP contribution is 2.27. The number of nitrogens with one attached hydrogen (secondary N) is 1. The van der Waals surface area contributed by atoms with Crippen molar-refractivity contribution in [1.29, 1.82) is 0 Å². The van der Waals surface area contributed by atoms with Crippen molar-refractivity contribution < 1.29 is 9.90 Å². The number of hydrogen-bond donors (Lipinski definition) is 2. The van der Waals surface area contributed by atoms with E-state index in [4.69, 9.17) is 0 Å². The predicted molar refractivity (Wildman–Crippen MR) is 88.9 cm³/mol. The van der Waals surface area contributed by atoms with Crippen LogP contribution in [-0.4, -0.2) is 34.7 Å². The summed E-state index contributed by atoms with van der Waals surface area (Å²) in [6.45, 7) is 6.91. The zero-order valence-electron chi connectivity index (χ0n) is 13.2. The van der Waals surface area contributed by atoms with Crippen LogP contribution in [0.1, 0.15) is 35.1 Å². The fraction of sp³-hybridized carbons (Fsp3) is 0.588. The zero-order valence-corrected chi connectivity index (χ0v) is 14.0. The van der Waals surface area contributed by atoms with Crippen molar-refractivity contribution in [3.8, 4) is 0 Å². The van der Waals surface area contributed by atoms with E-state index in [0.717, 1.165) is 17.9 Å². The molecule has 1 aliphatic heterocycles. The minimum absolute atomic E-state index is 0.204. The summed E-state index contributed by atoms with van der Waals surface area (Å²) < 4.78 is 0. The lowest BCUT2D eigenvalue weighted by Crippen LogP contribution is -2.49. The van der Waals surface area contributed by atoms with E-state index in [2.05, 4.69) is 38.2 Å². The maximum atomic E-state index is 12.2. The second-order valence-electron chi connectivity index (χ2n) is 6.03. The van der Waals surface area contributed by atoms with Gasteiger partial charge in [-0.05, 0) is 68.2 Å². The minimum atomic E-state index is -1.15. The summed E-state index contributed by atoms with van der Waals surface area (Å²) in [5.74, 6) is 1.52. The summed E-state index contributed by atoms with van der Waals surface area (Å²) >= 11 is 1.80. The molecule has 1 aromatic rings. The van der Waals surface area contributed by atoms with Crippen LogP contribution in [0.2, 0.25) is 0 Å². The second-order valence-corrected chi connectivity index (χ2v) is 7.25. The van der Waals surface area contributed by atoms with E-state index < -0.39 is 5.60 Å². The number of amides is 1. The van der Waals surface area contributed by atoms with Gasteiger partial charge in [-0.15, -0.1) is 0 Å². The summed E-state index contributed by atoms with van der Waals surface area (Å²) in [4.78, 5) is 12.2. The third-order valence-corrected chi connectivity index (χ3v) is 5.23. The first-order valence-electron chi connectivity index (χ1n) is 7.57. The standard InChI is InChI=1S/C17H25NO2S/c1-12-10-13(2)15(14(3)11-12)4-7-18-16(19)17(20)5-8-21-9-6-17/h10-11,20H,4-9H2,1-3H3,(H,18,19). The van der Waals surface area contributed by atoms with Crippen LogP contribution in [0.5, 0.6) is 0 Å². The Morgan fingerprint density at radius 3 is 2.38 bits per heavy atom. The number of carbonyl (C=O) groups is 1. The molecule has 1 fully saturated rings. The maximum absolute atomic E-state index is 12.2. The Kier molecular flexibility index (Phi) is 5.33. The molecule has 1 aromatic carbocycles. The Labute approximate surface area is 131 Å². The molecule has 1 amide bonds. The Bertz CT molecular complexity index is 499. The van der Waals surface area contributed by atoms with Gasteiger partial charge in [-0.1, -0.05) is 17.7 Å². The molecular weight excluding hydrogens is 282 g/mol. The molecule has 4 heteroatoms. The van der Waals surface area contributed by atoms with Gasteiger partial charge in [0, 0.05) is 6.54 Å². The SMILES string of the molecule is Cc1cc(C)c(CCNC(=O)C2(O)CCSCC2)c(C)c1. The molecule has 0 radical (unpaired) electrons. The Hall–Kier alpha value is -1.00. The maximum Gasteiger partial charge on any atom is 0.252 e. The van der Waals surface area contributed by atoms with Crippen molar-refractivity contribution in [3.63, 3.8) is 0 Å². The molecule has 0 aliphatic carbocycles. The van der Waals surface area contributed by atoms with E-state index in [-0.39, 0.29) is 5.91 Å². The first-order valence-corrected chi connectivity index (χ1v) is 8.73. The fourth-order valence-corrected chi connectivity index (χ4v) is 4.17. The van der Waals surface area contributed by atoms with E-state index in [0.29, 0.717) is 19.4 Å². The lowest BCUT2D eigenvalue weighted by atomic mass is 9.95. The van der Waals surface area contributed by atoms with Crippen LogP contribution in [0.4, 0.5) is 0 Å². The third kappa shape index (κ3) is 4.01. The lowest BCUT2D eigenvalue weighted by molar-refractivity contribution is -0.140. The number of aryl methyl sites for hydroxylation is 3. The van der Waals surface area contributed by atoms with Crippen LogP contribution in [0.15, 0.2) is 12.1 Å². The van der Waals surface area contributed by atoms with Crippen LogP contribution in [-0.2, 0) is 11.2 Å². The van der Waals surface area contributed by atoms with Crippen molar-refractivity contribution in [1.82, 2.24) is 5.32 Å². The molecule has 0 bridgehead atoms. The minimum Gasteiger partial charge on any atom is -0.380 e. The van der Waals surface area contributed by atoms with Crippen molar-refractivity contribution in [2.75, 3.05) is 18.1 Å². The summed E-state index contributed by atoms with van der Waals surface area (Å²) in [5, 5.41) is 13.3. The molecule has 2 rings (SSSR count). The fourth-order valence-electron chi connectivity index (χ4n) is 3.01. The third-order valence-electron chi connectivity index (χ3n) is 4.24. The molecule has 116 valence electrons. The van der Waals surface area contributed by atoms with E-state index >= 15 is 0 Å². The number of hydrogen-bond acceptors (Lipinski definition) is 3. The van der Waals surface area contributed by atoms with Crippen molar-refractivity contribution in [3.05, 3.63) is 34.4 Å². The van der Waals surface area contributed by atoms with Gasteiger partial charge < -0.3 is 10.4 Å². The van der Waals surface area contributed by atoms with Crippen molar-refractivity contribution in [2.24, 2.45) is 0 Å². The van der Waals surface area contributed by atoms with Gasteiger partial charge in [0.2, 0.25) is 0 Å². The average Bonchev–Trinajstić information content (AvgIpc) is 2.42. The predicted octanol–water partition coefficient (Wildman–Crippen LogP) is 2.53. The summed E-state index contributed by atoms with van der Waals surface area (Å²) in [6.07, 6.45) is 1.94. The Balaban J connectivity index is 1.91. The van der Waals surface area contributed by atoms with Gasteiger partial charge in [-0.2, -0.15) is 11.8 Å². The summed E-state index contributed by atoms with van der Waals surface area (Å²) in [5.41, 5.74) is 3.96.